The predicted octanol–water partition coefficient (Wildman–Crippen LogP) is 0.674. The van der Waals surface area contributed by atoms with Gasteiger partial charge in [-0.25, -0.2) is 0 Å². The van der Waals surface area contributed by atoms with Crippen LogP contribution in [0.15, 0.2) is 0 Å². The zero-order valence-corrected chi connectivity index (χ0v) is 7.55. The molecule has 1 aliphatic rings. The Labute approximate surface area is 73.2 Å². The van der Waals surface area contributed by atoms with Crippen LogP contribution in [0.1, 0.15) is 32.1 Å². The first-order valence-electron chi connectivity index (χ1n) is 4.62. The summed E-state index contributed by atoms with van der Waals surface area (Å²) in [4.78, 5) is 11.0. The van der Waals surface area contributed by atoms with Crippen molar-refractivity contribution in [3.63, 3.8) is 0 Å². The van der Waals surface area contributed by atoms with Crippen LogP contribution in [0.4, 0.5) is 0 Å². The molecule has 2 N–H and O–H groups in total. The molecule has 1 rings (SSSR count). The fraction of sp³-hybridized carbons (Fsp3) is 0.889. The normalized spacial score (nSPS) is 29.8. The molecule has 1 amide bonds. The lowest BCUT2D eigenvalue weighted by Crippen LogP contribution is -2.30. The quantitative estimate of drug-likeness (QED) is 0.641. The highest BCUT2D eigenvalue weighted by atomic mass is 16.3. The Morgan fingerprint density at radius 1 is 1.50 bits per heavy atom. The molecule has 1 aliphatic carbocycles. The summed E-state index contributed by atoms with van der Waals surface area (Å²) in [6.45, 7) is 0. The van der Waals surface area contributed by atoms with Crippen molar-refractivity contribution in [3.05, 3.63) is 0 Å². The third-order valence-electron chi connectivity index (χ3n) is 2.60. The molecule has 1 saturated carbocycles. The highest BCUT2D eigenvalue weighted by Gasteiger charge is 2.24. The lowest BCUT2D eigenvalue weighted by atomic mass is 9.84. The molecule has 0 aromatic rings. The molecule has 3 nitrogen and oxygen atoms in total. The molecule has 0 aromatic heterocycles. The molecular formula is C9H17NO2. The van der Waals surface area contributed by atoms with E-state index in [2.05, 4.69) is 5.32 Å². The number of nitrogens with one attached hydrogen (secondary N) is 1. The molecular weight excluding hydrogens is 154 g/mol. The Bertz CT molecular complexity index is 159. The van der Waals surface area contributed by atoms with E-state index in [4.69, 9.17) is 0 Å². The average Bonchev–Trinajstić information content (AvgIpc) is 2.09. The van der Waals surface area contributed by atoms with Gasteiger partial charge in [0.15, 0.2) is 0 Å². The fourth-order valence-corrected chi connectivity index (χ4v) is 1.77. The summed E-state index contributed by atoms with van der Waals surface area (Å²) in [6.07, 6.45) is 4.34. The van der Waals surface area contributed by atoms with Gasteiger partial charge in [-0.1, -0.05) is 12.8 Å². The molecule has 3 heteroatoms. The van der Waals surface area contributed by atoms with Gasteiger partial charge in [0.05, 0.1) is 6.10 Å². The zero-order valence-electron chi connectivity index (χ0n) is 7.55. The molecule has 0 spiro atoms. The van der Waals surface area contributed by atoms with Crippen molar-refractivity contribution in [1.82, 2.24) is 5.32 Å². The van der Waals surface area contributed by atoms with Crippen LogP contribution < -0.4 is 5.32 Å². The molecule has 70 valence electrons. The van der Waals surface area contributed by atoms with Crippen molar-refractivity contribution in [3.8, 4) is 0 Å². The lowest BCUT2D eigenvalue weighted by Gasteiger charge is -2.26. The molecule has 0 heterocycles. The van der Waals surface area contributed by atoms with Gasteiger partial charge in [0.2, 0.25) is 5.91 Å². The second kappa shape index (κ2) is 4.45. The van der Waals surface area contributed by atoms with Crippen molar-refractivity contribution in [2.24, 2.45) is 5.92 Å². The van der Waals surface area contributed by atoms with Gasteiger partial charge in [-0.2, -0.15) is 0 Å². The number of carbonyl (C=O) groups is 1. The van der Waals surface area contributed by atoms with Crippen molar-refractivity contribution in [2.75, 3.05) is 7.05 Å². The van der Waals surface area contributed by atoms with Crippen LogP contribution in [-0.4, -0.2) is 24.2 Å². The van der Waals surface area contributed by atoms with Crippen LogP contribution >= 0.6 is 0 Å². The Hall–Kier alpha value is -0.570. The van der Waals surface area contributed by atoms with Crippen molar-refractivity contribution in [2.45, 2.75) is 38.2 Å². The Morgan fingerprint density at radius 3 is 2.75 bits per heavy atom. The fourth-order valence-electron chi connectivity index (χ4n) is 1.77. The van der Waals surface area contributed by atoms with Crippen molar-refractivity contribution in [1.29, 1.82) is 0 Å². The van der Waals surface area contributed by atoms with E-state index >= 15 is 0 Å². The molecule has 2 atom stereocenters. The third-order valence-corrected chi connectivity index (χ3v) is 2.60. The van der Waals surface area contributed by atoms with E-state index in [1.54, 1.807) is 7.05 Å². The molecule has 0 saturated heterocycles. The van der Waals surface area contributed by atoms with Crippen LogP contribution in [0, 0.1) is 5.92 Å². The summed E-state index contributed by atoms with van der Waals surface area (Å²) < 4.78 is 0. The Balaban J connectivity index is 2.33. The van der Waals surface area contributed by atoms with Gasteiger partial charge in [0.25, 0.3) is 0 Å². The second-order valence-electron chi connectivity index (χ2n) is 3.49. The summed E-state index contributed by atoms with van der Waals surface area (Å²) in [6, 6.07) is 0. The lowest BCUT2D eigenvalue weighted by molar-refractivity contribution is -0.122. The van der Waals surface area contributed by atoms with Gasteiger partial charge in [0.1, 0.15) is 0 Å². The topological polar surface area (TPSA) is 49.3 Å². The van der Waals surface area contributed by atoms with Gasteiger partial charge in [-0.3, -0.25) is 4.79 Å². The number of amides is 1. The zero-order chi connectivity index (χ0) is 8.97. The van der Waals surface area contributed by atoms with E-state index in [1.165, 1.54) is 0 Å². The first-order chi connectivity index (χ1) is 5.74. The van der Waals surface area contributed by atoms with E-state index in [0.29, 0.717) is 6.42 Å². The Kier molecular flexibility index (Phi) is 3.53. The molecule has 0 aliphatic heterocycles. The van der Waals surface area contributed by atoms with Crippen LogP contribution in [0.5, 0.6) is 0 Å². The summed E-state index contributed by atoms with van der Waals surface area (Å²) in [5.41, 5.74) is 0. The SMILES string of the molecule is CNC(=O)C[C@H]1CCCC[C@@H]1O. The van der Waals surface area contributed by atoms with E-state index in [9.17, 15) is 9.90 Å². The predicted molar refractivity (Wildman–Crippen MR) is 46.6 cm³/mol. The summed E-state index contributed by atoms with van der Waals surface area (Å²) in [7, 11) is 1.64. The van der Waals surface area contributed by atoms with Gasteiger partial charge in [-0.15, -0.1) is 0 Å². The third kappa shape index (κ3) is 2.48. The van der Waals surface area contributed by atoms with Gasteiger partial charge >= 0.3 is 0 Å². The summed E-state index contributed by atoms with van der Waals surface area (Å²) in [5, 5.41) is 12.1. The average molecular weight is 171 g/mol. The van der Waals surface area contributed by atoms with E-state index in [1.807, 2.05) is 0 Å². The van der Waals surface area contributed by atoms with E-state index < -0.39 is 0 Å². The van der Waals surface area contributed by atoms with Crippen LogP contribution in [0.25, 0.3) is 0 Å². The first-order valence-corrected chi connectivity index (χ1v) is 4.62. The first kappa shape index (κ1) is 9.52. The number of carbonyl (C=O) groups excluding carboxylic acids is 1. The maximum Gasteiger partial charge on any atom is 0.220 e. The largest absolute Gasteiger partial charge is 0.393 e. The smallest absolute Gasteiger partial charge is 0.220 e. The minimum Gasteiger partial charge on any atom is -0.393 e. The Morgan fingerprint density at radius 2 is 2.17 bits per heavy atom. The van der Waals surface area contributed by atoms with Crippen LogP contribution in [0.2, 0.25) is 0 Å². The number of hydrogen-bond acceptors (Lipinski definition) is 2. The molecule has 0 bridgehead atoms. The highest BCUT2D eigenvalue weighted by Crippen LogP contribution is 2.26. The molecule has 0 aromatic carbocycles. The van der Waals surface area contributed by atoms with Gasteiger partial charge in [-0.05, 0) is 18.8 Å². The standard InChI is InChI=1S/C9H17NO2/c1-10-9(12)6-7-4-2-3-5-8(7)11/h7-8,11H,2-6H2,1H3,(H,10,12)/t7-,8+/m1/s1. The number of rotatable bonds is 2. The maximum atomic E-state index is 11.0. The minimum absolute atomic E-state index is 0.0425. The molecule has 0 unspecified atom stereocenters. The number of aliphatic hydroxyl groups excluding tert-OH is 1. The van der Waals surface area contributed by atoms with Crippen LogP contribution in [-0.2, 0) is 4.79 Å². The minimum atomic E-state index is -0.254. The van der Waals surface area contributed by atoms with E-state index in [-0.39, 0.29) is 17.9 Å². The van der Waals surface area contributed by atoms with Crippen molar-refractivity contribution < 1.29 is 9.90 Å². The second-order valence-corrected chi connectivity index (χ2v) is 3.49. The van der Waals surface area contributed by atoms with Crippen LogP contribution in [0.3, 0.4) is 0 Å². The number of aliphatic hydroxyl groups is 1. The van der Waals surface area contributed by atoms with Gasteiger partial charge in [0, 0.05) is 13.5 Å². The maximum absolute atomic E-state index is 11.0. The summed E-state index contributed by atoms with van der Waals surface area (Å²) in [5.74, 6) is 0.236. The van der Waals surface area contributed by atoms with Gasteiger partial charge < -0.3 is 10.4 Å². The van der Waals surface area contributed by atoms with E-state index in [0.717, 1.165) is 25.7 Å². The highest BCUT2D eigenvalue weighted by molar-refractivity contribution is 5.75. The van der Waals surface area contributed by atoms with Crippen molar-refractivity contribution >= 4 is 5.91 Å². The summed E-state index contributed by atoms with van der Waals surface area (Å²) >= 11 is 0. The number of hydrogen-bond donors (Lipinski definition) is 2. The molecule has 1 fully saturated rings. The molecule has 0 radical (unpaired) electrons. The molecule has 12 heavy (non-hydrogen) atoms. The monoisotopic (exact) mass is 171 g/mol.